The third-order valence-corrected chi connectivity index (χ3v) is 3.75. The SMILES string of the molecule is Cc1cc2nc3ccccc3cc2c2ccccc12. The number of aryl methyl sites for hydroxylation is 1. The molecule has 0 aliphatic carbocycles. The number of aromatic nitrogens is 1. The van der Waals surface area contributed by atoms with Crippen LogP contribution in [0.5, 0.6) is 0 Å². The molecule has 19 heavy (non-hydrogen) atoms. The molecule has 4 aromatic rings. The van der Waals surface area contributed by atoms with Crippen molar-refractivity contribution in [3.63, 3.8) is 0 Å². The zero-order valence-corrected chi connectivity index (χ0v) is 10.7. The molecule has 1 nitrogen and oxygen atoms in total. The molecule has 4 rings (SSSR count). The lowest BCUT2D eigenvalue weighted by molar-refractivity contribution is 1.47. The predicted molar refractivity (Wildman–Crippen MR) is 81.5 cm³/mol. The van der Waals surface area contributed by atoms with Crippen LogP contribution in [0.15, 0.2) is 60.7 Å². The summed E-state index contributed by atoms with van der Waals surface area (Å²) < 4.78 is 0. The van der Waals surface area contributed by atoms with Crippen molar-refractivity contribution in [2.45, 2.75) is 6.92 Å². The quantitative estimate of drug-likeness (QED) is 0.318. The van der Waals surface area contributed by atoms with Gasteiger partial charge in [-0.3, -0.25) is 0 Å². The average Bonchev–Trinajstić information content (AvgIpc) is 2.46. The maximum atomic E-state index is 4.79. The molecule has 0 radical (unpaired) electrons. The Morgan fingerprint density at radius 1 is 0.684 bits per heavy atom. The second-order valence-corrected chi connectivity index (χ2v) is 4.99. The third-order valence-electron chi connectivity index (χ3n) is 3.75. The van der Waals surface area contributed by atoms with E-state index in [4.69, 9.17) is 4.98 Å². The van der Waals surface area contributed by atoms with Crippen LogP contribution >= 0.6 is 0 Å². The minimum atomic E-state index is 1.06. The smallest absolute Gasteiger partial charge is 0.0718 e. The minimum absolute atomic E-state index is 1.06. The highest BCUT2D eigenvalue weighted by atomic mass is 14.7. The van der Waals surface area contributed by atoms with E-state index in [1.165, 1.54) is 27.1 Å². The first-order valence-corrected chi connectivity index (χ1v) is 6.51. The number of hydrogen-bond acceptors (Lipinski definition) is 1. The highest BCUT2D eigenvalue weighted by molar-refractivity contribution is 6.10. The Hall–Kier alpha value is -2.41. The third kappa shape index (κ3) is 1.52. The maximum Gasteiger partial charge on any atom is 0.0718 e. The number of nitrogens with zero attached hydrogens (tertiary/aromatic N) is 1. The van der Waals surface area contributed by atoms with Crippen LogP contribution in [0.1, 0.15) is 5.56 Å². The molecule has 0 aliphatic heterocycles. The van der Waals surface area contributed by atoms with Gasteiger partial charge < -0.3 is 0 Å². The Morgan fingerprint density at radius 2 is 1.42 bits per heavy atom. The Balaban J connectivity index is 2.29. The maximum absolute atomic E-state index is 4.79. The van der Waals surface area contributed by atoms with Gasteiger partial charge in [-0.15, -0.1) is 0 Å². The molecule has 0 bridgehead atoms. The van der Waals surface area contributed by atoms with Gasteiger partial charge in [0.05, 0.1) is 11.0 Å². The van der Waals surface area contributed by atoms with Crippen molar-refractivity contribution in [1.29, 1.82) is 0 Å². The molecule has 3 aromatic carbocycles. The zero-order chi connectivity index (χ0) is 12.8. The van der Waals surface area contributed by atoms with Gasteiger partial charge in [0.15, 0.2) is 0 Å². The fraction of sp³-hybridized carbons (Fsp3) is 0.0556. The molecule has 1 heterocycles. The summed E-state index contributed by atoms with van der Waals surface area (Å²) in [4.78, 5) is 4.79. The average molecular weight is 243 g/mol. The van der Waals surface area contributed by atoms with Crippen LogP contribution in [0.3, 0.4) is 0 Å². The van der Waals surface area contributed by atoms with E-state index in [0.29, 0.717) is 0 Å². The Morgan fingerprint density at radius 3 is 2.32 bits per heavy atom. The van der Waals surface area contributed by atoms with Crippen molar-refractivity contribution in [1.82, 2.24) is 4.98 Å². The molecule has 1 aromatic heterocycles. The Bertz CT molecular complexity index is 922. The predicted octanol–water partition coefficient (Wildman–Crippen LogP) is 4.85. The molecule has 0 unspecified atom stereocenters. The second kappa shape index (κ2) is 3.79. The molecule has 0 saturated carbocycles. The molecule has 0 N–H and O–H groups in total. The molecule has 0 fully saturated rings. The number of fused-ring (bicyclic) bond motifs is 4. The lowest BCUT2D eigenvalue weighted by atomic mass is 9.99. The summed E-state index contributed by atoms with van der Waals surface area (Å²) in [5.41, 5.74) is 3.42. The van der Waals surface area contributed by atoms with E-state index in [-0.39, 0.29) is 0 Å². The van der Waals surface area contributed by atoms with Crippen molar-refractivity contribution in [3.05, 3.63) is 66.2 Å². The molecule has 0 spiro atoms. The van der Waals surface area contributed by atoms with Crippen molar-refractivity contribution >= 4 is 32.6 Å². The van der Waals surface area contributed by atoms with Crippen LogP contribution in [0.4, 0.5) is 0 Å². The Labute approximate surface area is 111 Å². The van der Waals surface area contributed by atoms with E-state index in [9.17, 15) is 0 Å². The van der Waals surface area contributed by atoms with E-state index < -0.39 is 0 Å². The molecule has 1 heteroatoms. The zero-order valence-electron chi connectivity index (χ0n) is 10.7. The van der Waals surface area contributed by atoms with Crippen LogP contribution in [-0.4, -0.2) is 4.98 Å². The monoisotopic (exact) mass is 243 g/mol. The van der Waals surface area contributed by atoms with E-state index in [2.05, 4.69) is 61.5 Å². The molecule has 0 saturated heterocycles. The first-order valence-electron chi connectivity index (χ1n) is 6.51. The first-order chi connectivity index (χ1) is 9.33. The van der Waals surface area contributed by atoms with Gasteiger partial charge in [-0.1, -0.05) is 42.5 Å². The van der Waals surface area contributed by atoms with E-state index in [1.807, 2.05) is 6.07 Å². The summed E-state index contributed by atoms with van der Waals surface area (Å²) in [7, 11) is 0. The highest BCUT2D eigenvalue weighted by Crippen LogP contribution is 2.29. The lowest BCUT2D eigenvalue weighted by Gasteiger charge is -2.08. The summed E-state index contributed by atoms with van der Waals surface area (Å²) in [6.07, 6.45) is 0. The number of rotatable bonds is 0. The number of benzene rings is 3. The number of para-hydroxylation sites is 1. The fourth-order valence-electron chi connectivity index (χ4n) is 2.80. The van der Waals surface area contributed by atoms with Gasteiger partial charge in [-0.2, -0.15) is 0 Å². The van der Waals surface area contributed by atoms with Crippen molar-refractivity contribution < 1.29 is 0 Å². The largest absolute Gasteiger partial charge is 0.248 e. The van der Waals surface area contributed by atoms with Gasteiger partial charge in [0, 0.05) is 10.8 Å². The van der Waals surface area contributed by atoms with E-state index in [0.717, 1.165) is 11.0 Å². The van der Waals surface area contributed by atoms with Gasteiger partial charge in [-0.25, -0.2) is 4.98 Å². The molecule has 90 valence electrons. The van der Waals surface area contributed by atoms with Crippen molar-refractivity contribution in [2.75, 3.05) is 0 Å². The normalized spacial score (nSPS) is 11.4. The Kier molecular flexibility index (Phi) is 2.10. The summed E-state index contributed by atoms with van der Waals surface area (Å²) in [6, 6.07) is 21.3. The summed E-state index contributed by atoms with van der Waals surface area (Å²) in [6.45, 7) is 2.15. The van der Waals surface area contributed by atoms with Crippen LogP contribution in [0.2, 0.25) is 0 Å². The standard InChI is InChI=1S/C18H13N/c1-12-10-18-16(15-8-4-3-7-14(12)15)11-13-6-2-5-9-17(13)19-18/h2-11H,1H3. The van der Waals surface area contributed by atoms with Crippen molar-refractivity contribution in [3.8, 4) is 0 Å². The van der Waals surface area contributed by atoms with E-state index >= 15 is 0 Å². The summed E-state index contributed by atoms with van der Waals surface area (Å²) in [5, 5.41) is 5.03. The fourth-order valence-corrected chi connectivity index (χ4v) is 2.80. The van der Waals surface area contributed by atoms with Crippen LogP contribution in [0.25, 0.3) is 32.6 Å². The molecule has 0 aliphatic rings. The molecule has 0 amide bonds. The number of pyridine rings is 1. The second-order valence-electron chi connectivity index (χ2n) is 4.99. The van der Waals surface area contributed by atoms with Crippen LogP contribution in [0, 0.1) is 6.92 Å². The van der Waals surface area contributed by atoms with Crippen LogP contribution in [-0.2, 0) is 0 Å². The van der Waals surface area contributed by atoms with E-state index in [1.54, 1.807) is 0 Å². The minimum Gasteiger partial charge on any atom is -0.248 e. The topological polar surface area (TPSA) is 12.9 Å². The number of hydrogen-bond donors (Lipinski definition) is 0. The summed E-state index contributed by atoms with van der Waals surface area (Å²) in [5.74, 6) is 0. The first kappa shape index (κ1) is 10.5. The van der Waals surface area contributed by atoms with Gasteiger partial charge in [0.2, 0.25) is 0 Å². The molecular formula is C18H13N. The van der Waals surface area contributed by atoms with Gasteiger partial charge in [0.1, 0.15) is 0 Å². The highest BCUT2D eigenvalue weighted by Gasteiger charge is 2.05. The van der Waals surface area contributed by atoms with Crippen molar-refractivity contribution in [2.24, 2.45) is 0 Å². The molecular weight excluding hydrogens is 230 g/mol. The lowest BCUT2D eigenvalue weighted by Crippen LogP contribution is -1.86. The van der Waals surface area contributed by atoms with Crippen LogP contribution < -0.4 is 0 Å². The van der Waals surface area contributed by atoms with Gasteiger partial charge in [0.25, 0.3) is 0 Å². The molecule has 0 atom stereocenters. The van der Waals surface area contributed by atoms with Gasteiger partial charge in [-0.05, 0) is 41.5 Å². The summed E-state index contributed by atoms with van der Waals surface area (Å²) >= 11 is 0. The van der Waals surface area contributed by atoms with Gasteiger partial charge >= 0.3 is 0 Å².